The molecule has 128 valence electrons. The number of morpholine rings is 1. The zero-order chi connectivity index (χ0) is 16.5. The molecule has 0 spiro atoms. The van der Waals surface area contributed by atoms with Crippen LogP contribution in [0.5, 0.6) is 5.75 Å². The topological polar surface area (TPSA) is 21.7 Å². The standard InChI is InChI=1S/C21H27NO2/c1-2-5-19(6-3-1)12-16-24-21-10-8-20(9-11-21)7-4-13-22-14-17-23-18-15-22/h1-3,5-6,8-11H,4,7,12-18H2. The Morgan fingerprint density at radius 3 is 2.29 bits per heavy atom. The summed E-state index contributed by atoms with van der Waals surface area (Å²) in [5, 5.41) is 0. The molecular formula is C21H27NO2. The van der Waals surface area contributed by atoms with Crippen LogP contribution in [0.15, 0.2) is 54.6 Å². The van der Waals surface area contributed by atoms with Crippen molar-refractivity contribution in [2.24, 2.45) is 0 Å². The lowest BCUT2D eigenvalue weighted by molar-refractivity contribution is 0.0374. The molecule has 0 saturated carbocycles. The minimum absolute atomic E-state index is 0.723. The van der Waals surface area contributed by atoms with Gasteiger partial charge in [0.15, 0.2) is 0 Å². The Balaban J connectivity index is 1.35. The number of benzene rings is 2. The van der Waals surface area contributed by atoms with Gasteiger partial charge >= 0.3 is 0 Å². The number of rotatable bonds is 8. The van der Waals surface area contributed by atoms with Crippen molar-refractivity contribution in [2.45, 2.75) is 19.3 Å². The van der Waals surface area contributed by atoms with Crippen molar-refractivity contribution in [3.05, 3.63) is 65.7 Å². The highest BCUT2D eigenvalue weighted by Crippen LogP contribution is 2.14. The lowest BCUT2D eigenvalue weighted by atomic mass is 10.1. The molecule has 3 rings (SSSR count). The van der Waals surface area contributed by atoms with Gasteiger partial charge in [0.05, 0.1) is 19.8 Å². The van der Waals surface area contributed by atoms with Gasteiger partial charge in [-0.3, -0.25) is 4.90 Å². The summed E-state index contributed by atoms with van der Waals surface area (Å²) in [5.41, 5.74) is 2.70. The molecule has 2 aromatic carbocycles. The van der Waals surface area contributed by atoms with Crippen molar-refractivity contribution in [1.82, 2.24) is 4.90 Å². The van der Waals surface area contributed by atoms with E-state index in [9.17, 15) is 0 Å². The molecule has 0 atom stereocenters. The van der Waals surface area contributed by atoms with Crippen LogP contribution in [0, 0.1) is 0 Å². The summed E-state index contributed by atoms with van der Waals surface area (Å²) >= 11 is 0. The van der Waals surface area contributed by atoms with Gasteiger partial charge in [0.25, 0.3) is 0 Å². The van der Waals surface area contributed by atoms with E-state index >= 15 is 0 Å². The molecule has 1 heterocycles. The third-order valence-corrected chi connectivity index (χ3v) is 4.47. The Hall–Kier alpha value is -1.84. The second kappa shape index (κ2) is 9.45. The lowest BCUT2D eigenvalue weighted by Gasteiger charge is -2.26. The van der Waals surface area contributed by atoms with E-state index in [0.29, 0.717) is 0 Å². The quantitative estimate of drug-likeness (QED) is 0.740. The van der Waals surface area contributed by atoms with Crippen LogP contribution in [0.1, 0.15) is 17.5 Å². The monoisotopic (exact) mass is 325 g/mol. The van der Waals surface area contributed by atoms with Gasteiger partial charge in [-0.05, 0) is 42.6 Å². The largest absolute Gasteiger partial charge is 0.493 e. The van der Waals surface area contributed by atoms with E-state index in [2.05, 4.69) is 53.4 Å². The average molecular weight is 325 g/mol. The molecule has 0 unspecified atom stereocenters. The molecule has 0 aliphatic carbocycles. The van der Waals surface area contributed by atoms with E-state index in [1.54, 1.807) is 0 Å². The van der Waals surface area contributed by atoms with Gasteiger partial charge in [-0.25, -0.2) is 0 Å². The summed E-state index contributed by atoms with van der Waals surface area (Å²) in [5.74, 6) is 0.961. The predicted molar refractivity (Wildman–Crippen MR) is 97.7 cm³/mol. The predicted octanol–water partition coefficient (Wildman–Crippen LogP) is 3.57. The SMILES string of the molecule is c1ccc(CCOc2ccc(CCCN3CCOCC3)cc2)cc1. The normalized spacial score (nSPS) is 15.3. The van der Waals surface area contributed by atoms with Crippen LogP contribution in [-0.2, 0) is 17.6 Å². The summed E-state index contributed by atoms with van der Waals surface area (Å²) < 4.78 is 11.2. The van der Waals surface area contributed by atoms with E-state index in [0.717, 1.165) is 51.5 Å². The highest BCUT2D eigenvalue weighted by atomic mass is 16.5. The molecule has 0 radical (unpaired) electrons. The molecule has 0 N–H and O–H groups in total. The summed E-state index contributed by atoms with van der Waals surface area (Å²) in [6.07, 6.45) is 3.28. The zero-order valence-electron chi connectivity index (χ0n) is 14.3. The number of hydrogen-bond donors (Lipinski definition) is 0. The van der Waals surface area contributed by atoms with Crippen molar-refractivity contribution >= 4 is 0 Å². The second-order valence-electron chi connectivity index (χ2n) is 6.29. The van der Waals surface area contributed by atoms with Gasteiger partial charge in [0, 0.05) is 19.5 Å². The van der Waals surface area contributed by atoms with E-state index in [-0.39, 0.29) is 0 Å². The van der Waals surface area contributed by atoms with Crippen LogP contribution in [0.3, 0.4) is 0 Å². The van der Waals surface area contributed by atoms with Crippen LogP contribution in [0.25, 0.3) is 0 Å². The van der Waals surface area contributed by atoms with E-state index in [1.807, 2.05) is 6.07 Å². The van der Waals surface area contributed by atoms with Crippen LogP contribution >= 0.6 is 0 Å². The van der Waals surface area contributed by atoms with Gasteiger partial charge in [-0.1, -0.05) is 42.5 Å². The maximum Gasteiger partial charge on any atom is 0.119 e. The average Bonchev–Trinajstić information content (AvgIpc) is 2.65. The lowest BCUT2D eigenvalue weighted by Crippen LogP contribution is -2.36. The third kappa shape index (κ3) is 5.66. The van der Waals surface area contributed by atoms with Gasteiger partial charge in [0.2, 0.25) is 0 Å². The molecule has 0 bridgehead atoms. The Labute approximate surface area is 145 Å². The van der Waals surface area contributed by atoms with Gasteiger partial charge < -0.3 is 9.47 Å². The van der Waals surface area contributed by atoms with Gasteiger partial charge in [-0.2, -0.15) is 0 Å². The molecule has 0 amide bonds. The van der Waals surface area contributed by atoms with Gasteiger partial charge in [-0.15, -0.1) is 0 Å². The highest BCUT2D eigenvalue weighted by Gasteiger charge is 2.09. The number of aryl methyl sites for hydroxylation is 1. The molecule has 1 fully saturated rings. The molecular weight excluding hydrogens is 298 g/mol. The number of hydrogen-bond acceptors (Lipinski definition) is 3. The maximum atomic E-state index is 5.84. The van der Waals surface area contributed by atoms with E-state index < -0.39 is 0 Å². The maximum absolute atomic E-state index is 5.84. The molecule has 3 heteroatoms. The summed E-state index contributed by atoms with van der Waals surface area (Å²) in [7, 11) is 0. The highest BCUT2D eigenvalue weighted by molar-refractivity contribution is 5.27. The minimum atomic E-state index is 0.723. The fourth-order valence-corrected chi connectivity index (χ4v) is 3.02. The van der Waals surface area contributed by atoms with Crippen LogP contribution in [-0.4, -0.2) is 44.4 Å². The van der Waals surface area contributed by atoms with Crippen molar-refractivity contribution in [3.8, 4) is 5.75 Å². The molecule has 0 aromatic heterocycles. The van der Waals surface area contributed by atoms with Crippen LogP contribution in [0.2, 0.25) is 0 Å². The van der Waals surface area contributed by atoms with Crippen molar-refractivity contribution in [2.75, 3.05) is 39.5 Å². The van der Waals surface area contributed by atoms with Gasteiger partial charge in [0.1, 0.15) is 5.75 Å². The smallest absolute Gasteiger partial charge is 0.119 e. The third-order valence-electron chi connectivity index (χ3n) is 4.47. The summed E-state index contributed by atoms with van der Waals surface area (Å²) in [4.78, 5) is 2.49. The second-order valence-corrected chi connectivity index (χ2v) is 6.29. The molecule has 2 aromatic rings. The Morgan fingerprint density at radius 2 is 1.54 bits per heavy atom. The van der Waals surface area contributed by atoms with Crippen molar-refractivity contribution < 1.29 is 9.47 Å². The molecule has 1 aliphatic rings. The first-order valence-corrected chi connectivity index (χ1v) is 8.96. The van der Waals surface area contributed by atoms with E-state index in [4.69, 9.17) is 9.47 Å². The first-order chi connectivity index (χ1) is 11.9. The first kappa shape index (κ1) is 17.0. The molecule has 1 aliphatic heterocycles. The fraction of sp³-hybridized carbons (Fsp3) is 0.429. The fourth-order valence-electron chi connectivity index (χ4n) is 3.02. The Morgan fingerprint density at radius 1 is 0.833 bits per heavy atom. The number of nitrogens with zero attached hydrogens (tertiary/aromatic N) is 1. The Kier molecular flexibility index (Phi) is 6.70. The summed E-state index contributed by atoms with van der Waals surface area (Å²) in [6.45, 7) is 5.81. The first-order valence-electron chi connectivity index (χ1n) is 8.96. The zero-order valence-corrected chi connectivity index (χ0v) is 14.3. The van der Waals surface area contributed by atoms with Crippen LogP contribution < -0.4 is 4.74 Å². The molecule has 3 nitrogen and oxygen atoms in total. The molecule has 1 saturated heterocycles. The molecule has 24 heavy (non-hydrogen) atoms. The van der Waals surface area contributed by atoms with Crippen molar-refractivity contribution in [3.63, 3.8) is 0 Å². The van der Waals surface area contributed by atoms with Crippen molar-refractivity contribution in [1.29, 1.82) is 0 Å². The van der Waals surface area contributed by atoms with E-state index in [1.165, 1.54) is 24.1 Å². The van der Waals surface area contributed by atoms with Crippen LogP contribution in [0.4, 0.5) is 0 Å². The number of ether oxygens (including phenoxy) is 2. The Bertz CT molecular complexity index is 577. The minimum Gasteiger partial charge on any atom is -0.493 e. The summed E-state index contributed by atoms with van der Waals surface area (Å²) in [6, 6.07) is 19.0.